The SMILES string of the molecule is COc1ccc(-n2ncc(NC[C@@]3(F)CCCOC3)c(Cl)c2=O)cn1. The molecule has 1 fully saturated rings. The molecule has 3 heterocycles. The van der Waals surface area contributed by atoms with E-state index in [1.165, 1.54) is 19.5 Å². The Morgan fingerprint density at radius 3 is 2.96 bits per heavy atom. The van der Waals surface area contributed by atoms with Crippen molar-refractivity contribution in [2.24, 2.45) is 0 Å². The highest BCUT2D eigenvalue weighted by atomic mass is 35.5. The number of pyridine rings is 1. The Balaban J connectivity index is 1.79. The molecule has 0 unspecified atom stereocenters. The van der Waals surface area contributed by atoms with Crippen LogP contribution in [0.1, 0.15) is 12.8 Å². The van der Waals surface area contributed by atoms with Crippen LogP contribution in [-0.4, -0.2) is 47.3 Å². The number of ether oxygens (including phenoxy) is 2. The van der Waals surface area contributed by atoms with E-state index in [0.29, 0.717) is 31.0 Å². The van der Waals surface area contributed by atoms with Crippen molar-refractivity contribution in [2.45, 2.75) is 18.5 Å². The van der Waals surface area contributed by atoms with Crippen LogP contribution in [0.25, 0.3) is 5.69 Å². The fraction of sp³-hybridized carbons (Fsp3) is 0.438. The van der Waals surface area contributed by atoms with E-state index >= 15 is 0 Å². The van der Waals surface area contributed by atoms with Crippen LogP contribution >= 0.6 is 11.6 Å². The van der Waals surface area contributed by atoms with Crippen molar-refractivity contribution in [3.63, 3.8) is 0 Å². The van der Waals surface area contributed by atoms with E-state index in [1.54, 1.807) is 12.1 Å². The third kappa shape index (κ3) is 3.91. The number of alkyl halides is 1. The number of halogens is 2. The van der Waals surface area contributed by atoms with Crippen molar-refractivity contribution in [3.8, 4) is 11.6 Å². The van der Waals surface area contributed by atoms with Crippen LogP contribution in [0.2, 0.25) is 5.02 Å². The zero-order chi connectivity index (χ0) is 17.9. The van der Waals surface area contributed by atoms with Crippen molar-refractivity contribution in [1.82, 2.24) is 14.8 Å². The molecular weight excluding hydrogens is 351 g/mol. The van der Waals surface area contributed by atoms with Gasteiger partial charge in [-0.15, -0.1) is 0 Å². The summed E-state index contributed by atoms with van der Waals surface area (Å²) < 4.78 is 25.8. The zero-order valence-electron chi connectivity index (χ0n) is 13.7. The average molecular weight is 369 g/mol. The van der Waals surface area contributed by atoms with E-state index in [-0.39, 0.29) is 23.9 Å². The predicted octanol–water partition coefficient (Wildman–Crippen LogP) is 2.22. The first-order chi connectivity index (χ1) is 12.0. The minimum Gasteiger partial charge on any atom is -0.481 e. The smallest absolute Gasteiger partial charge is 0.292 e. The molecule has 2 aromatic heterocycles. The first-order valence-electron chi connectivity index (χ1n) is 7.81. The van der Waals surface area contributed by atoms with Crippen LogP contribution in [0.4, 0.5) is 10.1 Å². The summed E-state index contributed by atoms with van der Waals surface area (Å²) in [7, 11) is 1.50. The van der Waals surface area contributed by atoms with Crippen LogP contribution in [0, 0.1) is 0 Å². The summed E-state index contributed by atoms with van der Waals surface area (Å²) in [5.41, 5.74) is -1.27. The largest absolute Gasteiger partial charge is 0.481 e. The summed E-state index contributed by atoms with van der Waals surface area (Å²) in [5, 5.41) is 6.87. The summed E-state index contributed by atoms with van der Waals surface area (Å²) >= 11 is 6.14. The van der Waals surface area contributed by atoms with Crippen molar-refractivity contribution < 1.29 is 13.9 Å². The monoisotopic (exact) mass is 368 g/mol. The van der Waals surface area contributed by atoms with Gasteiger partial charge >= 0.3 is 0 Å². The Labute approximate surface area is 148 Å². The van der Waals surface area contributed by atoms with Crippen LogP contribution in [0.15, 0.2) is 29.3 Å². The zero-order valence-corrected chi connectivity index (χ0v) is 14.4. The van der Waals surface area contributed by atoms with Gasteiger partial charge in [0.2, 0.25) is 5.88 Å². The summed E-state index contributed by atoms with van der Waals surface area (Å²) in [4.78, 5) is 16.5. The second-order valence-electron chi connectivity index (χ2n) is 5.81. The maximum Gasteiger partial charge on any atom is 0.292 e. The highest BCUT2D eigenvalue weighted by molar-refractivity contribution is 6.32. The normalized spacial score (nSPS) is 20.3. The van der Waals surface area contributed by atoms with Crippen molar-refractivity contribution in [3.05, 3.63) is 39.9 Å². The molecule has 1 saturated heterocycles. The van der Waals surface area contributed by atoms with Gasteiger partial charge in [-0.05, 0) is 18.9 Å². The topological polar surface area (TPSA) is 78.3 Å². The lowest BCUT2D eigenvalue weighted by atomic mass is 9.99. The second kappa shape index (κ2) is 7.37. The molecule has 0 spiro atoms. The molecule has 1 atom stereocenters. The number of rotatable bonds is 5. The van der Waals surface area contributed by atoms with Gasteiger partial charge in [0.05, 0.1) is 44.0 Å². The fourth-order valence-electron chi connectivity index (χ4n) is 2.57. The third-order valence-electron chi connectivity index (χ3n) is 3.96. The number of methoxy groups -OCH3 is 1. The molecule has 3 rings (SSSR count). The first-order valence-corrected chi connectivity index (χ1v) is 8.19. The fourth-order valence-corrected chi connectivity index (χ4v) is 2.77. The molecule has 0 radical (unpaired) electrons. The Morgan fingerprint density at radius 1 is 1.48 bits per heavy atom. The predicted molar refractivity (Wildman–Crippen MR) is 91.6 cm³/mol. The molecule has 134 valence electrons. The molecule has 1 aliphatic heterocycles. The lowest BCUT2D eigenvalue weighted by molar-refractivity contribution is -0.0234. The van der Waals surface area contributed by atoms with Gasteiger partial charge in [0.15, 0.2) is 5.67 Å². The first kappa shape index (κ1) is 17.6. The van der Waals surface area contributed by atoms with E-state index in [2.05, 4.69) is 15.4 Å². The van der Waals surface area contributed by atoms with Crippen molar-refractivity contribution in [1.29, 1.82) is 0 Å². The number of hydrogen-bond acceptors (Lipinski definition) is 6. The van der Waals surface area contributed by atoms with Crippen LogP contribution < -0.4 is 15.6 Å². The van der Waals surface area contributed by atoms with Gasteiger partial charge in [-0.2, -0.15) is 9.78 Å². The number of anilines is 1. The molecular formula is C16H18ClFN4O3. The highest BCUT2D eigenvalue weighted by Gasteiger charge is 2.32. The molecule has 7 nitrogen and oxygen atoms in total. The number of hydrogen-bond donors (Lipinski definition) is 1. The van der Waals surface area contributed by atoms with Crippen molar-refractivity contribution in [2.75, 3.05) is 32.2 Å². The Bertz CT molecular complexity index is 791. The quantitative estimate of drug-likeness (QED) is 0.871. The molecule has 0 bridgehead atoms. The summed E-state index contributed by atoms with van der Waals surface area (Å²) in [5.74, 6) is 0.420. The van der Waals surface area contributed by atoms with Crippen LogP contribution in [-0.2, 0) is 4.74 Å². The third-order valence-corrected chi connectivity index (χ3v) is 4.33. The lowest BCUT2D eigenvalue weighted by Gasteiger charge is -2.29. The van der Waals surface area contributed by atoms with E-state index < -0.39 is 11.2 Å². The maximum absolute atomic E-state index is 14.6. The highest BCUT2D eigenvalue weighted by Crippen LogP contribution is 2.25. The summed E-state index contributed by atoms with van der Waals surface area (Å²) in [6.07, 6.45) is 3.91. The van der Waals surface area contributed by atoms with E-state index in [1.807, 2.05) is 0 Å². The minimum absolute atomic E-state index is 0.00193. The van der Waals surface area contributed by atoms with Gasteiger partial charge < -0.3 is 14.8 Å². The van der Waals surface area contributed by atoms with Crippen LogP contribution in [0.5, 0.6) is 5.88 Å². The Hall–Kier alpha value is -2.19. The molecule has 1 N–H and O–H groups in total. The van der Waals surface area contributed by atoms with Gasteiger partial charge in [-0.25, -0.2) is 9.37 Å². The van der Waals surface area contributed by atoms with E-state index in [4.69, 9.17) is 21.1 Å². The number of nitrogens with zero attached hydrogens (tertiary/aromatic N) is 3. The summed E-state index contributed by atoms with van der Waals surface area (Å²) in [6.45, 7) is 0.599. The number of nitrogens with one attached hydrogen (secondary N) is 1. The van der Waals surface area contributed by atoms with E-state index in [0.717, 1.165) is 4.68 Å². The lowest BCUT2D eigenvalue weighted by Crippen LogP contribution is -2.40. The van der Waals surface area contributed by atoms with Gasteiger partial charge in [0, 0.05) is 12.7 Å². The van der Waals surface area contributed by atoms with Crippen LogP contribution in [0.3, 0.4) is 0 Å². The molecule has 0 aromatic carbocycles. The molecule has 25 heavy (non-hydrogen) atoms. The Kier molecular flexibility index (Phi) is 5.19. The summed E-state index contributed by atoms with van der Waals surface area (Å²) in [6, 6.07) is 3.25. The Morgan fingerprint density at radius 2 is 2.32 bits per heavy atom. The molecule has 0 aliphatic carbocycles. The van der Waals surface area contributed by atoms with Crippen molar-refractivity contribution >= 4 is 17.3 Å². The molecule has 0 amide bonds. The molecule has 2 aromatic rings. The molecule has 1 aliphatic rings. The van der Waals surface area contributed by atoms with Gasteiger partial charge in [-0.1, -0.05) is 11.6 Å². The average Bonchev–Trinajstić information content (AvgIpc) is 2.64. The minimum atomic E-state index is -1.48. The molecule has 0 saturated carbocycles. The van der Waals surface area contributed by atoms with Gasteiger partial charge in [0.1, 0.15) is 5.02 Å². The van der Waals surface area contributed by atoms with Gasteiger partial charge in [0.25, 0.3) is 5.56 Å². The molecule has 9 heteroatoms. The number of aromatic nitrogens is 3. The second-order valence-corrected chi connectivity index (χ2v) is 6.19. The van der Waals surface area contributed by atoms with E-state index in [9.17, 15) is 9.18 Å². The van der Waals surface area contributed by atoms with Gasteiger partial charge in [-0.3, -0.25) is 4.79 Å². The maximum atomic E-state index is 14.6. The standard InChI is InChI=1S/C16H18ClFN4O3/c1-24-13-4-3-11(7-19-13)22-15(23)14(17)12(8-21-22)20-9-16(18)5-2-6-25-10-16/h3-4,7-8,20H,2,5-6,9-10H2,1H3/t16-/m0/s1.